The average Bonchev–Trinajstić information content (AvgIpc) is 2.42. The number of amides is 1. The van der Waals surface area contributed by atoms with Crippen LogP contribution in [0.2, 0.25) is 5.02 Å². The van der Waals surface area contributed by atoms with Crippen LogP contribution in [-0.4, -0.2) is 12.5 Å². The summed E-state index contributed by atoms with van der Waals surface area (Å²) in [5.74, 6) is -1.65. The van der Waals surface area contributed by atoms with E-state index in [0.717, 1.165) is 18.2 Å². The molecule has 0 radical (unpaired) electrons. The summed E-state index contributed by atoms with van der Waals surface area (Å²) < 4.78 is 31.4. The van der Waals surface area contributed by atoms with E-state index < -0.39 is 17.5 Å². The van der Waals surface area contributed by atoms with Crippen molar-refractivity contribution in [1.29, 1.82) is 0 Å². The molecule has 20 heavy (non-hydrogen) atoms. The smallest absolute Gasteiger partial charge is 0.262 e. The van der Waals surface area contributed by atoms with Crippen LogP contribution in [-0.2, 0) is 4.79 Å². The lowest BCUT2D eigenvalue weighted by atomic mass is 10.3. The zero-order chi connectivity index (χ0) is 14.5. The molecule has 2 rings (SSSR count). The Morgan fingerprint density at radius 2 is 1.95 bits per heavy atom. The summed E-state index contributed by atoms with van der Waals surface area (Å²) in [7, 11) is 0. The van der Waals surface area contributed by atoms with E-state index in [1.807, 2.05) is 0 Å². The molecule has 2 aromatic carbocycles. The second-order valence-corrected chi connectivity index (χ2v) is 4.30. The molecule has 0 atom stereocenters. The van der Waals surface area contributed by atoms with E-state index in [0.29, 0.717) is 10.8 Å². The highest BCUT2D eigenvalue weighted by molar-refractivity contribution is 6.32. The minimum absolute atomic E-state index is 0.238. The molecule has 0 bridgehead atoms. The van der Waals surface area contributed by atoms with Gasteiger partial charge in [0.2, 0.25) is 0 Å². The zero-order valence-corrected chi connectivity index (χ0v) is 11.0. The van der Waals surface area contributed by atoms with Crippen molar-refractivity contribution >= 4 is 23.2 Å². The molecule has 0 saturated heterocycles. The number of rotatable bonds is 4. The van der Waals surface area contributed by atoms with Crippen molar-refractivity contribution in [2.75, 3.05) is 11.9 Å². The van der Waals surface area contributed by atoms with Gasteiger partial charge in [0.15, 0.2) is 6.61 Å². The summed E-state index contributed by atoms with van der Waals surface area (Å²) in [6.07, 6.45) is 0. The number of hydrogen-bond donors (Lipinski definition) is 1. The highest BCUT2D eigenvalue weighted by Crippen LogP contribution is 2.23. The number of carbonyl (C=O) groups is 1. The normalized spacial score (nSPS) is 10.2. The number of anilines is 1. The lowest BCUT2D eigenvalue weighted by Gasteiger charge is -2.09. The largest absolute Gasteiger partial charge is 0.482 e. The van der Waals surface area contributed by atoms with E-state index in [-0.39, 0.29) is 12.3 Å². The van der Waals surface area contributed by atoms with Crippen LogP contribution in [0.25, 0.3) is 0 Å². The fourth-order valence-electron chi connectivity index (χ4n) is 1.48. The van der Waals surface area contributed by atoms with Crippen LogP contribution < -0.4 is 10.1 Å². The number of benzene rings is 2. The van der Waals surface area contributed by atoms with Crippen molar-refractivity contribution in [2.24, 2.45) is 0 Å². The van der Waals surface area contributed by atoms with Gasteiger partial charge in [0.05, 0.1) is 10.7 Å². The third kappa shape index (κ3) is 3.68. The van der Waals surface area contributed by atoms with Crippen LogP contribution in [0.3, 0.4) is 0 Å². The van der Waals surface area contributed by atoms with Crippen LogP contribution in [0, 0.1) is 11.6 Å². The molecule has 0 heterocycles. The molecule has 1 N–H and O–H groups in total. The Morgan fingerprint density at radius 3 is 2.70 bits per heavy atom. The standard InChI is InChI=1S/C14H10ClF2NO2/c15-10-3-1-2-4-13(10)20-8-14(19)18-12-7-9(16)5-6-11(12)17/h1-7H,8H2,(H,18,19). The van der Waals surface area contributed by atoms with Gasteiger partial charge in [0.25, 0.3) is 5.91 Å². The first-order valence-electron chi connectivity index (χ1n) is 5.68. The molecule has 104 valence electrons. The topological polar surface area (TPSA) is 38.3 Å². The molecule has 0 aromatic heterocycles. The van der Waals surface area contributed by atoms with Gasteiger partial charge in [-0.15, -0.1) is 0 Å². The van der Waals surface area contributed by atoms with Crippen LogP contribution in [0.5, 0.6) is 5.75 Å². The average molecular weight is 298 g/mol. The highest BCUT2D eigenvalue weighted by Gasteiger charge is 2.09. The van der Waals surface area contributed by atoms with Crippen molar-refractivity contribution in [1.82, 2.24) is 0 Å². The Labute approximate surface area is 119 Å². The van der Waals surface area contributed by atoms with Gasteiger partial charge in [0.1, 0.15) is 17.4 Å². The molecule has 2 aromatic rings. The summed E-state index contributed by atoms with van der Waals surface area (Å²) >= 11 is 5.85. The highest BCUT2D eigenvalue weighted by atomic mass is 35.5. The third-order valence-electron chi connectivity index (χ3n) is 2.40. The van der Waals surface area contributed by atoms with Gasteiger partial charge in [-0.3, -0.25) is 4.79 Å². The molecule has 1 amide bonds. The fraction of sp³-hybridized carbons (Fsp3) is 0.0714. The van der Waals surface area contributed by atoms with Gasteiger partial charge in [-0.25, -0.2) is 8.78 Å². The Morgan fingerprint density at radius 1 is 1.20 bits per heavy atom. The molecule has 0 unspecified atom stereocenters. The monoisotopic (exact) mass is 297 g/mol. The summed E-state index contributed by atoms with van der Waals surface area (Å²) in [4.78, 5) is 11.6. The Balaban J connectivity index is 1.96. The summed E-state index contributed by atoms with van der Waals surface area (Å²) in [6.45, 7) is -0.361. The van der Waals surface area contributed by atoms with Crippen LogP contribution in [0.1, 0.15) is 0 Å². The lowest BCUT2D eigenvalue weighted by Crippen LogP contribution is -2.21. The molecule has 0 aliphatic heterocycles. The molecule has 0 fully saturated rings. The first-order valence-corrected chi connectivity index (χ1v) is 6.06. The van der Waals surface area contributed by atoms with E-state index in [1.165, 1.54) is 0 Å². The molecular formula is C14H10ClF2NO2. The summed E-state index contributed by atoms with van der Waals surface area (Å²) in [5.41, 5.74) is -0.238. The molecule has 0 aliphatic carbocycles. The van der Waals surface area contributed by atoms with E-state index in [1.54, 1.807) is 24.3 Å². The van der Waals surface area contributed by atoms with Crippen LogP contribution in [0.15, 0.2) is 42.5 Å². The maximum Gasteiger partial charge on any atom is 0.262 e. The fourth-order valence-corrected chi connectivity index (χ4v) is 1.67. The second-order valence-electron chi connectivity index (χ2n) is 3.89. The molecule has 0 aliphatic rings. The van der Waals surface area contributed by atoms with E-state index in [9.17, 15) is 13.6 Å². The summed E-state index contributed by atoms with van der Waals surface area (Å²) in [6, 6.07) is 9.41. The van der Waals surface area contributed by atoms with Crippen molar-refractivity contribution < 1.29 is 18.3 Å². The maximum atomic E-state index is 13.3. The third-order valence-corrected chi connectivity index (χ3v) is 2.71. The maximum absolute atomic E-state index is 13.3. The zero-order valence-electron chi connectivity index (χ0n) is 10.2. The lowest BCUT2D eigenvalue weighted by molar-refractivity contribution is -0.118. The number of para-hydroxylation sites is 1. The second kappa shape index (κ2) is 6.34. The van der Waals surface area contributed by atoms with Gasteiger partial charge < -0.3 is 10.1 Å². The SMILES string of the molecule is O=C(COc1ccccc1Cl)Nc1cc(F)ccc1F. The molecular weight excluding hydrogens is 288 g/mol. The minimum atomic E-state index is -0.725. The number of carbonyl (C=O) groups excluding carboxylic acids is 1. The summed E-state index contributed by atoms with van der Waals surface area (Å²) in [5, 5.41) is 2.58. The van der Waals surface area contributed by atoms with Gasteiger partial charge in [-0.1, -0.05) is 23.7 Å². The van der Waals surface area contributed by atoms with Crippen LogP contribution in [0.4, 0.5) is 14.5 Å². The minimum Gasteiger partial charge on any atom is -0.482 e. The van der Waals surface area contributed by atoms with Crippen LogP contribution >= 0.6 is 11.6 Å². The van der Waals surface area contributed by atoms with Crippen molar-refractivity contribution in [3.05, 3.63) is 59.1 Å². The first kappa shape index (κ1) is 14.3. The Bertz CT molecular complexity index is 634. The quantitative estimate of drug-likeness (QED) is 0.936. The first-order chi connectivity index (χ1) is 9.56. The van der Waals surface area contributed by atoms with Gasteiger partial charge in [0, 0.05) is 6.07 Å². The Kier molecular flexibility index (Phi) is 4.53. The number of nitrogens with one attached hydrogen (secondary N) is 1. The molecule has 3 nitrogen and oxygen atoms in total. The van der Waals surface area contributed by atoms with E-state index in [4.69, 9.17) is 16.3 Å². The molecule has 0 spiro atoms. The van der Waals surface area contributed by atoms with Crippen molar-refractivity contribution in [2.45, 2.75) is 0 Å². The van der Waals surface area contributed by atoms with Gasteiger partial charge in [-0.2, -0.15) is 0 Å². The van der Waals surface area contributed by atoms with Crippen molar-refractivity contribution in [3.63, 3.8) is 0 Å². The predicted molar refractivity (Wildman–Crippen MR) is 71.9 cm³/mol. The number of halogens is 3. The molecule has 6 heteroatoms. The Hall–Kier alpha value is -2.14. The molecule has 0 saturated carbocycles. The van der Waals surface area contributed by atoms with E-state index >= 15 is 0 Å². The number of hydrogen-bond acceptors (Lipinski definition) is 2. The van der Waals surface area contributed by atoms with Crippen molar-refractivity contribution in [3.8, 4) is 5.75 Å². The van der Waals surface area contributed by atoms with Gasteiger partial charge >= 0.3 is 0 Å². The van der Waals surface area contributed by atoms with Gasteiger partial charge in [-0.05, 0) is 24.3 Å². The van der Waals surface area contributed by atoms with E-state index in [2.05, 4.69) is 5.32 Å². The predicted octanol–water partition coefficient (Wildman–Crippen LogP) is 3.64. The number of ether oxygens (including phenoxy) is 1.